The van der Waals surface area contributed by atoms with Crippen molar-refractivity contribution in [2.24, 2.45) is 5.92 Å². The number of sulfonamides is 1. The Labute approximate surface area is 118 Å². The lowest BCUT2D eigenvalue weighted by Gasteiger charge is -2.36. The smallest absolute Gasteiger partial charge is 0.211 e. The third kappa shape index (κ3) is 3.44. The molecule has 0 radical (unpaired) electrons. The predicted octanol–water partition coefficient (Wildman–Crippen LogP) is -0.120. The lowest BCUT2D eigenvalue weighted by atomic mass is 9.98. The van der Waals surface area contributed by atoms with Crippen LogP contribution in [0.5, 0.6) is 0 Å². The molecule has 1 fully saturated rings. The van der Waals surface area contributed by atoms with Gasteiger partial charge in [-0.2, -0.15) is 0 Å². The maximum atomic E-state index is 12.1. The molecule has 20 heavy (non-hydrogen) atoms. The van der Waals surface area contributed by atoms with Crippen molar-refractivity contribution in [3.63, 3.8) is 0 Å². The Bertz CT molecular complexity index is 575. The summed E-state index contributed by atoms with van der Waals surface area (Å²) in [6, 6.07) is 0. The Morgan fingerprint density at radius 3 is 2.80 bits per heavy atom. The van der Waals surface area contributed by atoms with Crippen LogP contribution in [0.1, 0.15) is 12.7 Å². The maximum absolute atomic E-state index is 12.1. The first-order chi connectivity index (χ1) is 9.41. The summed E-state index contributed by atoms with van der Waals surface area (Å²) in [5.74, 6) is 0.521. The Balaban J connectivity index is 1.89. The summed E-state index contributed by atoms with van der Waals surface area (Å²) < 4.78 is 30.8. The lowest BCUT2D eigenvalue weighted by molar-refractivity contribution is -0.126. The van der Waals surface area contributed by atoms with E-state index in [4.69, 9.17) is 4.74 Å². The Hall–Kier alpha value is -1.25. The molecule has 0 N–H and O–H groups in total. The minimum Gasteiger partial charge on any atom is -0.374 e. The normalized spacial score (nSPS) is 17.1. The van der Waals surface area contributed by atoms with Gasteiger partial charge in [-0.3, -0.25) is 4.79 Å². The summed E-state index contributed by atoms with van der Waals surface area (Å²) in [5.41, 5.74) is 0. The van der Waals surface area contributed by atoms with E-state index in [1.165, 1.54) is 4.31 Å². The van der Waals surface area contributed by atoms with Gasteiger partial charge in [0.15, 0.2) is 5.78 Å². The minimum absolute atomic E-state index is 0.0284. The van der Waals surface area contributed by atoms with E-state index in [-0.39, 0.29) is 31.3 Å². The Morgan fingerprint density at radius 2 is 2.20 bits per heavy atom. The summed E-state index contributed by atoms with van der Waals surface area (Å²) in [4.78, 5) is 16.2. The Morgan fingerprint density at radius 1 is 1.50 bits per heavy atom. The predicted molar refractivity (Wildman–Crippen MR) is 72.5 cm³/mol. The van der Waals surface area contributed by atoms with Gasteiger partial charge in [0.05, 0.1) is 12.8 Å². The SMILES string of the molecule is CCOCc1nccn1CC(=O)C1CN(S(C)(=O)=O)C1. The molecule has 0 amide bonds. The molecule has 0 spiro atoms. The molecule has 0 bridgehead atoms. The fraction of sp³-hybridized carbons (Fsp3) is 0.667. The maximum Gasteiger partial charge on any atom is 0.211 e. The standard InChI is InChI=1S/C12H19N3O4S/c1-3-19-9-12-13-4-5-14(12)8-11(16)10-6-15(7-10)20(2,17)18/h4-5,10H,3,6-9H2,1-2H3. The van der Waals surface area contributed by atoms with Crippen LogP contribution in [0.15, 0.2) is 12.4 Å². The van der Waals surface area contributed by atoms with E-state index < -0.39 is 10.0 Å². The zero-order valence-electron chi connectivity index (χ0n) is 11.7. The zero-order valence-corrected chi connectivity index (χ0v) is 12.5. The van der Waals surface area contributed by atoms with Crippen LogP contribution in [-0.4, -0.2) is 54.0 Å². The van der Waals surface area contributed by atoms with E-state index in [1.54, 1.807) is 17.0 Å². The summed E-state index contributed by atoms with van der Waals surface area (Å²) >= 11 is 0. The highest BCUT2D eigenvalue weighted by Gasteiger charge is 2.37. The monoisotopic (exact) mass is 301 g/mol. The summed E-state index contributed by atoms with van der Waals surface area (Å²) in [7, 11) is -3.17. The molecule has 2 rings (SSSR count). The van der Waals surface area contributed by atoms with Gasteiger partial charge in [-0.15, -0.1) is 0 Å². The van der Waals surface area contributed by atoms with Gasteiger partial charge in [-0.1, -0.05) is 0 Å². The number of hydrogen-bond acceptors (Lipinski definition) is 5. The number of ketones is 1. The van der Waals surface area contributed by atoms with Gasteiger partial charge in [0.25, 0.3) is 0 Å². The van der Waals surface area contributed by atoms with E-state index in [0.29, 0.717) is 19.0 Å². The molecule has 7 nitrogen and oxygen atoms in total. The second kappa shape index (κ2) is 6.02. The number of imidazole rings is 1. The van der Waals surface area contributed by atoms with Gasteiger partial charge in [0.1, 0.15) is 12.4 Å². The first kappa shape index (κ1) is 15.1. The molecule has 1 saturated heterocycles. The van der Waals surface area contributed by atoms with Crippen molar-refractivity contribution in [2.45, 2.75) is 20.1 Å². The van der Waals surface area contributed by atoms with Gasteiger partial charge in [-0.25, -0.2) is 17.7 Å². The van der Waals surface area contributed by atoms with Crippen LogP contribution in [-0.2, 0) is 32.7 Å². The highest BCUT2D eigenvalue weighted by atomic mass is 32.2. The number of nitrogens with zero attached hydrogens (tertiary/aromatic N) is 3. The average molecular weight is 301 g/mol. The molecular formula is C12H19N3O4S. The molecule has 1 aromatic rings. The number of ether oxygens (including phenoxy) is 1. The van der Waals surface area contributed by atoms with Gasteiger partial charge in [0, 0.05) is 38.0 Å². The molecule has 8 heteroatoms. The molecule has 1 aliphatic heterocycles. The second-order valence-electron chi connectivity index (χ2n) is 4.85. The molecule has 1 aromatic heterocycles. The number of carbonyl (C=O) groups is 1. The van der Waals surface area contributed by atoms with Crippen molar-refractivity contribution in [3.05, 3.63) is 18.2 Å². The van der Waals surface area contributed by atoms with E-state index in [1.807, 2.05) is 6.92 Å². The topological polar surface area (TPSA) is 81.5 Å². The summed E-state index contributed by atoms with van der Waals surface area (Å²) in [6.07, 6.45) is 4.52. The summed E-state index contributed by atoms with van der Waals surface area (Å²) in [6.45, 7) is 3.64. The van der Waals surface area contributed by atoms with Crippen molar-refractivity contribution in [1.82, 2.24) is 13.9 Å². The van der Waals surface area contributed by atoms with E-state index in [0.717, 1.165) is 6.26 Å². The Kier molecular flexibility index (Phi) is 4.56. The molecule has 0 saturated carbocycles. The molecule has 0 aromatic carbocycles. The molecule has 0 unspecified atom stereocenters. The minimum atomic E-state index is -3.17. The van der Waals surface area contributed by atoms with Crippen molar-refractivity contribution < 1.29 is 17.9 Å². The fourth-order valence-corrected chi connectivity index (χ4v) is 2.93. The molecular weight excluding hydrogens is 282 g/mol. The van der Waals surface area contributed by atoms with Gasteiger partial charge in [0.2, 0.25) is 10.0 Å². The van der Waals surface area contributed by atoms with Crippen molar-refractivity contribution in [2.75, 3.05) is 26.0 Å². The fourth-order valence-electron chi connectivity index (χ4n) is 2.03. The quantitative estimate of drug-likeness (QED) is 0.701. The highest BCUT2D eigenvalue weighted by molar-refractivity contribution is 7.88. The number of hydrogen-bond donors (Lipinski definition) is 0. The summed E-state index contributed by atoms with van der Waals surface area (Å²) in [5, 5.41) is 0. The number of Topliss-reactive ketones (excluding diaryl/α,β-unsaturated/α-hetero) is 1. The number of aromatic nitrogens is 2. The molecule has 112 valence electrons. The number of rotatable bonds is 7. The van der Waals surface area contributed by atoms with Crippen LogP contribution < -0.4 is 0 Å². The largest absolute Gasteiger partial charge is 0.374 e. The van der Waals surface area contributed by atoms with Crippen molar-refractivity contribution in [1.29, 1.82) is 0 Å². The average Bonchev–Trinajstić information content (AvgIpc) is 2.69. The van der Waals surface area contributed by atoms with Gasteiger partial charge >= 0.3 is 0 Å². The van der Waals surface area contributed by atoms with Crippen LogP contribution in [0.4, 0.5) is 0 Å². The molecule has 1 aliphatic rings. The molecule has 0 aliphatic carbocycles. The number of carbonyl (C=O) groups excluding carboxylic acids is 1. The van der Waals surface area contributed by atoms with Crippen LogP contribution in [0.25, 0.3) is 0 Å². The first-order valence-corrected chi connectivity index (χ1v) is 8.32. The molecule has 2 heterocycles. The first-order valence-electron chi connectivity index (χ1n) is 6.47. The molecule has 0 atom stereocenters. The van der Waals surface area contributed by atoms with Crippen LogP contribution in [0.2, 0.25) is 0 Å². The highest BCUT2D eigenvalue weighted by Crippen LogP contribution is 2.20. The van der Waals surface area contributed by atoms with E-state index in [2.05, 4.69) is 4.98 Å². The van der Waals surface area contributed by atoms with Crippen LogP contribution in [0.3, 0.4) is 0 Å². The van der Waals surface area contributed by atoms with Gasteiger partial charge in [-0.05, 0) is 6.92 Å². The van der Waals surface area contributed by atoms with Crippen molar-refractivity contribution in [3.8, 4) is 0 Å². The van der Waals surface area contributed by atoms with E-state index >= 15 is 0 Å². The second-order valence-corrected chi connectivity index (χ2v) is 6.83. The van der Waals surface area contributed by atoms with E-state index in [9.17, 15) is 13.2 Å². The zero-order chi connectivity index (χ0) is 14.8. The van der Waals surface area contributed by atoms with Gasteiger partial charge < -0.3 is 9.30 Å². The van der Waals surface area contributed by atoms with Crippen molar-refractivity contribution >= 4 is 15.8 Å². The lowest BCUT2D eigenvalue weighted by Crippen LogP contribution is -2.53. The van der Waals surface area contributed by atoms with Crippen LogP contribution >= 0.6 is 0 Å². The third-order valence-electron chi connectivity index (χ3n) is 3.34. The van der Waals surface area contributed by atoms with Crippen LogP contribution in [0, 0.1) is 5.92 Å². The third-order valence-corrected chi connectivity index (χ3v) is 4.57.